The van der Waals surface area contributed by atoms with Crippen LogP contribution in [0.15, 0.2) is 36.2 Å². The molecule has 5 rings (SSSR count). The van der Waals surface area contributed by atoms with E-state index < -0.39 is 0 Å². The third-order valence-electron chi connectivity index (χ3n) is 11.2. The number of anilines is 1. The van der Waals surface area contributed by atoms with Gasteiger partial charge in [-0.1, -0.05) is 75.0 Å². The van der Waals surface area contributed by atoms with Crippen molar-refractivity contribution in [1.29, 1.82) is 0 Å². The van der Waals surface area contributed by atoms with Crippen molar-refractivity contribution in [1.82, 2.24) is 4.90 Å². The number of hydrogen-bond donors (Lipinski definition) is 0. The van der Waals surface area contributed by atoms with E-state index in [1.54, 1.807) is 11.4 Å². The molecule has 2 nitrogen and oxygen atoms in total. The summed E-state index contributed by atoms with van der Waals surface area (Å²) in [6.07, 6.45) is 5.14. The summed E-state index contributed by atoms with van der Waals surface area (Å²) in [5.41, 5.74) is 9.63. The van der Waals surface area contributed by atoms with Crippen molar-refractivity contribution in [2.24, 2.45) is 21.7 Å². The summed E-state index contributed by atoms with van der Waals surface area (Å²) in [4.78, 5) is 5.49. The van der Waals surface area contributed by atoms with Crippen molar-refractivity contribution in [3.8, 4) is 0 Å². The van der Waals surface area contributed by atoms with Gasteiger partial charge in [0.1, 0.15) is 6.17 Å². The maximum atomic E-state index is 4.81. The first-order chi connectivity index (χ1) is 14.7. The Morgan fingerprint density at radius 3 is 2.06 bits per heavy atom. The van der Waals surface area contributed by atoms with Crippen molar-refractivity contribution in [3.05, 3.63) is 47.3 Å². The Bertz CT molecular complexity index is 1050. The zero-order chi connectivity index (χ0) is 23.6. The van der Waals surface area contributed by atoms with Gasteiger partial charge in [-0.25, -0.2) is 0 Å². The number of benzene rings is 1. The Kier molecular flexibility index (Phi) is 4.18. The fourth-order valence-electron chi connectivity index (χ4n) is 8.23. The third-order valence-corrected chi connectivity index (χ3v) is 11.2. The summed E-state index contributed by atoms with van der Waals surface area (Å²) in [6.45, 7) is 26.7. The number of allylic oxidation sites excluding steroid dienone is 2. The Hall–Kier alpha value is -1.70. The van der Waals surface area contributed by atoms with Gasteiger partial charge in [-0.05, 0) is 59.8 Å². The fraction of sp³-hybridized carbons (Fsp3) is 0.667. The zero-order valence-electron chi connectivity index (χ0n) is 22.2. The maximum Gasteiger partial charge on any atom is 0.115 e. The maximum absolute atomic E-state index is 4.81. The Balaban J connectivity index is 1.82. The lowest BCUT2D eigenvalue weighted by molar-refractivity contribution is 0.0585. The molecule has 0 saturated heterocycles. The summed E-state index contributed by atoms with van der Waals surface area (Å²) in [7, 11) is 2.38. The standard InChI is InChI=1S/C30H44N2/c1-12-30(13-2)19(3)21-18-20(26(4,5)6)14-15-22(21)32-24-23(31(11)25(30)32)28(9)16-17-29(24,10)27(28,7)8/h14-15,18,25H,3,12-13,16-17H2,1-2,4-11H3. The van der Waals surface area contributed by atoms with Crippen LogP contribution in [0.2, 0.25) is 0 Å². The van der Waals surface area contributed by atoms with Gasteiger partial charge in [-0.2, -0.15) is 0 Å². The molecule has 0 radical (unpaired) electrons. The molecule has 1 saturated carbocycles. The second kappa shape index (κ2) is 6.05. The highest BCUT2D eigenvalue weighted by atomic mass is 15.4. The molecule has 2 aliphatic heterocycles. The monoisotopic (exact) mass is 432 g/mol. The quantitative estimate of drug-likeness (QED) is 0.468. The molecule has 2 aliphatic carbocycles. The molecule has 4 aliphatic rings. The van der Waals surface area contributed by atoms with E-state index in [0.29, 0.717) is 6.17 Å². The summed E-state index contributed by atoms with van der Waals surface area (Å²) in [6, 6.07) is 7.25. The molecule has 174 valence electrons. The first kappa shape index (κ1) is 22.1. The molecule has 2 heterocycles. The minimum absolute atomic E-state index is 0.0545. The van der Waals surface area contributed by atoms with Gasteiger partial charge >= 0.3 is 0 Å². The van der Waals surface area contributed by atoms with Gasteiger partial charge < -0.3 is 9.80 Å². The highest BCUT2D eigenvalue weighted by Gasteiger charge is 2.73. The van der Waals surface area contributed by atoms with E-state index in [4.69, 9.17) is 6.58 Å². The van der Waals surface area contributed by atoms with Gasteiger partial charge in [-0.15, -0.1) is 0 Å². The van der Waals surface area contributed by atoms with Gasteiger partial charge in [0.15, 0.2) is 0 Å². The summed E-state index contributed by atoms with van der Waals surface area (Å²) < 4.78 is 0. The highest BCUT2D eigenvalue weighted by molar-refractivity contribution is 5.86. The lowest BCUT2D eigenvalue weighted by Crippen LogP contribution is -2.57. The van der Waals surface area contributed by atoms with Crippen molar-refractivity contribution >= 4 is 11.3 Å². The van der Waals surface area contributed by atoms with E-state index in [9.17, 15) is 0 Å². The second-order valence-corrected chi connectivity index (χ2v) is 13.2. The normalized spacial score (nSPS) is 34.2. The van der Waals surface area contributed by atoms with Gasteiger partial charge in [-0.3, -0.25) is 0 Å². The second-order valence-electron chi connectivity index (χ2n) is 13.2. The van der Waals surface area contributed by atoms with E-state index in [1.165, 1.54) is 35.2 Å². The molecule has 0 aromatic heterocycles. The molecule has 0 amide bonds. The predicted octanol–water partition coefficient (Wildman–Crippen LogP) is 7.95. The molecular formula is C30H44N2. The van der Waals surface area contributed by atoms with Crippen LogP contribution in [0.25, 0.3) is 5.57 Å². The van der Waals surface area contributed by atoms with E-state index in [1.807, 2.05) is 0 Å². The average Bonchev–Trinajstić information content (AvgIpc) is 3.19. The van der Waals surface area contributed by atoms with E-state index >= 15 is 0 Å². The SMILES string of the molecule is C=C1c2cc(C(C)(C)C)ccc2N2C3=C(N(C)C2C1(CC)CC)C1(C)CCC3(C)C1(C)C. The summed E-state index contributed by atoms with van der Waals surface area (Å²) >= 11 is 0. The van der Waals surface area contributed by atoms with Crippen LogP contribution >= 0.6 is 0 Å². The Morgan fingerprint density at radius 2 is 1.53 bits per heavy atom. The minimum Gasteiger partial charge on any atom is -0.355 e. The van der Waals surface area contributed by atoms with Gasteiger partial charge in [0.2, 0.25) is 0 Å². The van der Waals surface area contributed by atoms with Crippen molar-refractivity contribution < 1.29 is 0 Å². The van der Waals surface area contributed by atoms with E-state index in [0.717, 1.165) is 12.8 Å². The molecule has 0 N–H and O–H groups in total. The van der Waals surface area contributed by atoms with Crippen molar-refractivity contribution in [2.45, 2.75) is 99.6 Å². The highest BCUT2D eigenvalue weighted by Crippen LogP contribution is 2.78. The van der Waals surface area contributed by atoms with Crippen LogP contribution in [0, 0.1) is 21.7 Å². The van der Waals surface area contributed by atoms with Gasteiger partial charge in [0, 0.05) is 40.3 Å². The molecular weight excluding hydrogens is 388 g/mol. The molecule has 3 unspecified atom stereocenters. The Labute approximate surface area is 196 Å². The predicted molar refractivity (Wildman–Crippen MR) is 137 cm³/mol. The van der Waals surface area contributed by atoms with Crippen LogP contribution in [0.1, 0.15) is 99.1 Å². The molecule has 2 heteroatoms. The molecule has 2 bridgehead atoms. The first-order valence-corrected chi connectivity index (χ1v) is 12.8. The molecule has 0 spiro atoms. The molecule has 32 heavy (non-hydrogen) atoms. The van der Waals surface area contributed by atoms with Gasteiger partial charge in [0.05, 0.1) is 5.69 Å². The van der Waals surface area contributed by atoms with Crippen LogP contribution in [-0.4, -0.2) is 18.1 Å². The van der Waals surface area contributed by atoms with Crippen LogP contribution in [-0.2, 0) is 5.41 Å². The lowest BCUT2D eigenvalue weighted by atomic mass is 9.62. The van der Waals surface area contributed by atoms with Crippen molar-refractivity contribution in [3.63, 3.8) is 0 Å². The minimum atomic E-state index is 0.0545. The Morgan fingerprint density at radius 1 is 0.969 bits per heavy atom. The fourth-order valence-corrected chi connectivity index (χ4v) is 8.23. The lowest BCUT2D eigenvalue weighted by Gasteiger charge is -2.56. The van der Waals surface area contributed by atoms with Crippen LogP contribution < -0.4 is 4.90 Å². The first-order valence-electron chi connectivity index (χ1n) is 12.8. The number of rotatable bonds is 2. The third kappa shape index (κ3) is 2.10. The average molecular weight is 433 g/mol. The van der Waals surface area contributed by atoms with Crippen LogP contribution in [0.5, 0.6) is 0 Å². The van der Waals surface area contributed by atoms with E-state index in [2.05, 4.69) is 97.4 Å². The number of hydrogen-bond acceptors (Lipinski definition) is 2. The molecule has 1 aromatic carbocycles. The number of fused-ring (bicyclic) bond motifs is 8. The zero-order valence-corrected chi connectivity index (χ0v) is 22.2. The smallest absolute Gasteiger partial charge is 0.115 e. The molecule has 3 atom stereocenters. The number of nitrogens with zero attached hydrogens (tertiary/aromatic N) is 2. The summed E-state index contributed by atoms with van der Waals surface area (Å²) in [5, 5.41) is 0. The van der Waals surface area contributed by atoms with Crippen LogP contribution in [0.3, 0.4) is 0 Å². The largest absolute Gasteiger partial charge is 0.355 e. The van der Waals surface area contributed by atoms with Gasteiger partial charge in [0.25, 0.3) is 0 Å². The summed E-state index contributed by atoms with van der Waals surface area (Å²) in [5.74, 6) is 0. The topological polar surface area (TPSA) is 6.48 Å². The van der Waals surface area contributed by atoms with Crippen LogP contribution in [0.4, 0.5) is 5.69 Å². The van der Waals surface area contributed by atoms with Crippen molar-refractivity contribution in [2.75, 3.05) is 11.9 Å². The van der Waals surface area contributed by atoms with E-state index in [-0.39, 0.29) is 27.1 Å². The molecule has 1 fully saturated rings. The molecule has 1 aromatic rings.